The van der Waals surface area contributed by atoms with E-state index in [0.29, 0.717) is 22.7 Å². The monoisotopic (exact) mass is 444 g/mol. The van der Waals surface area contributed by atoms with E-state index < -0.39 is 5.97 Å². The molecule has 1 N–H and O–H groups in total. The van der Waals surface area contributed by atoms with Crippen LogP contribution in [0, 0.1) is 19.7 Å². The van der Waals surface area contributed by atoms with E-state index in [1.54, 1.807) is 17.5 Å². The van der Waals surface area contributed by atoms with Crippen LogP contribution in [0.1, 0.15) is 27.3 Å². The number of benzene rings is 1. The molecule has 1 amide bonds. The summed E-state index contributed by atoms with van der Waals surface area (Å²) in [6.45, 7) is 4.66. The summed E-state index contributed by atoms with van der Waals surface area (Å²) in [7, 11) is 5.03. The Labute approximate surface area is 184 Å². The second-order valence-corrected chi connectivity index (χ2v) is 8.23. The van der Waals surface area contributed by atoms with Crippen molar-refractivity contribution in [1.29, 1.82) is 0 Å². The molecule has 2 heterocycles. The quantitative estimate of drug-likeness (QED) is 0.562. The number of nitrogens with one attached hydrogen (secondary N) is 1. The molecular weight excluding hydrogens is 419 g/mol. The lowest BCUT2D eigenvalue weighted by atomic mass is 10.0. The Bertz CT molecular complexity index is 1100. The zero-order valence-corrected chi connectivity index (χ0v) is 19.0. The molecule has 0 atom stereocenters. The maximum absolute atomic E-state index is 13.3. The number of nitrogens with zero attached hydrogens (tertiary/aromatic N) is 3. The molecule has 0 spiro atoms. The first-order valence-electron chi connectivity index (χ1n) is 9.64. The molecule has 3 aromatic rings. The molecule has 9 heteroatoms. The number of carbonyl (C=O) groups is 2. The maximum atomic E-state index is 13.3. The Morgan fingerprint density at radius 2 is 1.94 bits per heavy atom. The number of thiophene rings is 1. The van der Waals surface area contributed by atoms with Gasteiger partial charge in [-0.1, -0.05) is 12.1 Å². The van der Waals surface area contributed by atoms with Crippen molar-refractivity contribution in [3.8, 4) is 11.1 Å². The highest BCUT2D eigenvalue weighted by Crippen LogP contribution is 2.36. The summed E-state index contributed by atoms with van der Waals surface area (Å²) in [4.78, 5) is 27.0. The van der Waals surface area contributed by atoms with Gasteiger partial charge in [-0.25, -0.2) is 9.18 Å². The minimum Gasteiger partial charge on any atom is -0.465 e. The molecule has 1 aromatic carbocycles. The molecule has 2 aromatic heterocycles. The molecular formula is C22H25FN4O3S. The number of amides is 1. The van der Waals surface area contributed by atoms with Gasteiger partial charge >= 0.3 is 5.97 Å². The van der Waals surface area contributed by atoms with Crippen LogP contribution in [0.5, 0.6) is 0 Å². The van der Waals surface area contributed by atoms with Crippen molar-refractivity contribution in [2.45, 2.75) is 20.4 Å². The lowest BCUT2D eigenvalue weighted by molar-refractivity contribution is -0.117. The summed E-state index contributed by atoms with van der Waals surface area (Å²) < 4.78 is 20.0. The second-order valence-electron chi connectivity index (χ2n) is 7.35. The van der Waals surface area contributed by atoms with Crippen LogP contribution in [0.25, 0.3) is 11.1 Å². The smallest absolute Gasteiger partial charge is 0.341 e. The summed E-state index contributed by atoms with van der Waals surface area (Å²) in [6.07, 6.45) is 0. The fourth-order valence-electron chi connectivity index (χ4n) is 3.38. The van der Waals surface area contributed by atoms with E-state index >= 15 is 0 Å². The molecule has 0 aliphatic carbocycles. The fourth-order valence-corrected chi connectivity index (χ4v) is 4.35. The van der Waals surface area contributed by atoms with Gasteiger partial charge < -0.3 is 10.1 Å². The number of halogens is 1. The highest BCUT2D eigenvalue weighted by Gasteiger charge is 2.23. The maximum Gasteiger partial charge on any atom is 0.341 e. The highest BCUT2D eigenvalue weighted by molar-refractivity contribution is 7.15. The van der Waals surface area contributed by atoms with Gasteiger partial charge in [0, 0.05) is 35.8 Å². The van der Waals surface area contributed by atoms with Gasteiger partial charge in [-0.15, -0.1) is 11.3 Å². The molecule has 0 fully saturated rings. The number of esters is 1. The van der Waals surface area contributed by atoms with Crippen molar-refractivity contribution in [3.63, 3.8) is 0 Å². The summed E-state index contributed by atoms with van der Waals surface area (Å²) >= 11 is 1.23. The third kappa shape index (κ3) is 5.00. The lowest BCUT2D eigenvalue weighted by Gasteiger charge is -2.16. The Morgan fingerprint density at radius 3 is 2.52 bits per heavy atom. The van der Waals surface area contributed by atoms with Crippen LogP contribution in [0.2, 0.25) is 0 Å². The summed E-state index contributed by atoms with van der Waals surface area (Å²) in [5, 5.41) is 9.38. The number of carbonyl (C=O) groups excluding carboxylic acids is 2. The van der Waals surface area contributed by atoms with Gasteiger partial charge in [0.2, 0.25) is 5.91 Å². The van der Waals surface area contributed by atoms with E-state index in [1.807, 2.05) is 37.5 Å². The number of aryl methyl sites for hydroxylation is 2. The normalized spacial score (nSPS) is 11.1. The first-order chi connectivity index (χ1) is 14.7. The topological polar surface area (TPSA) is 76.5 Å². The van der Waals surface area contributed by atoms with Crippen LogP contribution in [-0.2, 0) is 23.1 Å². The standard InChI is InChI=1S/C22H25FN4O3S/c1-13-17(14(2)27(4)25-13)10-26(3)11-19(28)24-21-20(22(29)30-5)18(12-31-21)15-6-8-16(23)9-7-15/h6-9,12H,10-11H2,1-5H3,(H,24,28). The zero-order valence-electron chi connectivity index (χ0n) is 18.2. The van der Waals surface area contributed by atoms with E-state index in [2.05, 4.69) is 10.4 Å². The summed E-state index contributed by atoms with van der Waals surface area (Å²) in [5.74, 6) is -1.18. The SMILES string of the molecule is COC(=O)c1c(-c2ccc(F)cc2)csc1NC(=O)CN(C)Cc1c(C)nn(C)c1C. The number of rotatable bonds is 7. The van der Waals surface area contributed by atoms with Gasteiger partial charge in [0.15, 0.2) is 0 Å². The Kier molecular flexibility index (Phi) is 6.87. The Morgan fingerprint density at radius 1 is 1.26 bits per heavy atom. The first kappa shape index (κ1) is 22.6. The highest BCUT2D eigenvalue weighted by atomic mass is 32.1. The molecule has 0 saturated carbocycles. The number of likely N-dealkylation sites (N-methyl/N-ethyl adjacent to an activating group) is 1. The third-order valence-electron chi connectivity index (χ3n) is 5.09. The third-order valence-corrected chi connectivity index (χ3v) is 5.98. The number of aromatic nitrogens is 2. The number of methoxy groups -OCH3 is 1. The molecule has 0 saturated heterocycles. The molecule has 0 aliphatic heterocycles. The van der Waals surface area contributed by atoms with Crippen molar-refractivity contribution >= 4 is 28.2 Å². The van der Waals surface area contributed by atoms with Crippen molar-refractivity contribution in [1.82, 2.24) is 14.7 Å². The molecule has 0 radical (unpaired) electrons. The molecule has 3 rings (SSSR count). The molecule has 0 unspecified atom stereocenters. The number of hydrogen-bond donors (Lipinski definition) is 1. The van der Waals surface area contributed by atoms with Gasteiger partial charge in [0.1, 0.15) is 16.4 Å². The van der Waals surface area contributed by atoms with E-state index in [4.69, 9.17) is 4.74 Å². The van der Waals surface area contributed by atoms with Gasteiger partial charge in [-0.2, -0.15) is 5.10 Å². The molecule has 7 nitrogen and oxygen atoms in total. The van der Waals surface area contributed by atoms with Crippen LogP contribution in [0.15, 0.2) is 29.6 Å². The van der Waals surface area contributed by atoms with Gasteiger partial charge in [-0.05, 0) is 38.6 Å². The lowest BCUT2D eigenvalue weighted by Crippen LogP contribution is -2.30. The van der Waals surface area contributed by atoms with Gasteiger partial charge in [-0.3, -0.25) is 14.4 Å². The van der Waals surface area contributed by atoms with Crippen LogP contribution in [0.4, 0.5) is 9.39 Å². The molecule has 0 aliphatic rings. The minimum absolute atomic E-state index is 0.137. The van der Waals surface area contributed by atoms with Crippen molar-refractivity contribution in [2.24, 2.45) is 7.05 Å². The average Bonchev–Trinajstić information content (AvgIpc) is 3.23. The predicted octanol–water partition coefficient (Wildman–Crippen LogP) is 3.76. The number of hydrogen-bond acceptors (Lipinski definition) is 6. The zero-order chi connectivity index (χ0) is 22.7. The number of anilines is 1. The van der Waals surface area contributed by atoms with Crippen molar-refractivity contribution in [2.75, 3.05) is 26.0 Å². The van der Waals surface area contributed by atoms with Crippen molar-refractivity contribution in [3.05, 3.63) is 58.0 Å². The summed E-state index contributed by atoms with van der Waals surface area (Å²) in [6, 6.07) is 5.82. The van der Waals surface area contributed by atoms with Crippen molar-refractivity contribution < 1.29 is 18.7 Å². The van der Waals surface area contributed by atoms with Crippen LogP contribution in [0.3, 0.4) is 0 Å². The van der Waals surface area contributed by atoms with E-state index in [9.17, 15) is 14.0 Å². The van der Waals surface area contributed by atoms with E-state index in [1.165, 1.54) is 30.6 Å². The summed E-state index contributed by atoms with van der Waals surface area (Å²) in [5.41, 5.74) is 4.58. The Balaban J connectivity index is 1.76. The largest absolute Gasteiger partial charge is 0.465 e. The van der Waals surface area contributed by atoms with Gasteiger partial charge in [0.25, 0.3) is 0 Å². The van der Waals surface area contributed by atoms with Gasteiger partial charge in [0.05, 0.1) is 19.3 Å². The average molecular weight is 445 g/mol. The van der Waals surface area contributed by atoms with Crippen LogP contribution >= 0.6 is 11.3 Å². The van der Waals surface area contributed by atoms with Crippen LogP contribution in [-0.4, -0.2) is 47.3 Å². The minimum atomic E-state index is -0.564. The molecule has 31 heavy (non-hydrogen) atoms. The second kappa shape index (κ2) is 9.40. The van der Waals surface area contributed by atoms with E-state index in [0.717, 1.165) is 17.0 Å². The molecule has 164 valence electrons. The number of ether oxygens (including phenoxy) is 1. The Hall–Kier alpha value is -3.04. The fraction of sp³-hybridized carbons (Fsp3) is 0.318. The molecule has 0 bridgehead atoms. The first-order valence-corrected chi connectivity index (χ1v) is 10.5. The van der Waals surface area contributed by atoms with E-state index in [-0.39, 0.29) is 23.8 Å². The van der Waals surface area contributed by atoms with Crippen LogP contribution < -0.4 is 5.32 Å². The predicted molar refractivity (Wildman–Crippen MR) is 119 cm³/mol.